The minimum absolute atomic E-state index is 0.0814. The van der Waals surface area contributed by atoms with Crippen molar-refractivity contribution in [2.45, 2.75) is 59.3 Å². The summed E-state index contributed by atoms with van der Waals surface area (Å²) in [5, 5.41) is 29.8. The molecule has 6 nitrogen and oxygen atoms in total. The van der Waals surface area contributed by atoms with E-state index in [-0.39, 0.29) is 6.61 Å². The van der Waals surface area contributed by atoms with Crippen molar-refractivity contribution >= 4 is 11.9 Å². The molecule has 0 heterocycles. The normalized spacial score (nSPS) is 16.3. The Morgan fingerprint density at radius 2 is 1.50 bits per heavy atom. The molecule has 0 saturated heterocycles. The zero-order valence-corrected chi connectivity index (χ0v) is 15.5. The molecule has 0 aliphatic heterocycles. The number of quaternary nitrogens is 1. The molecule has 24 heavy (non-hydrogen) atoms. The molecule has 0 aliphatic rings. The number of nitrogens with zero attached hydrogens (tertiary/aromatic N) is 1. The number of carbonyl (C=O) groups excluding carboxylic acids is 1. The molecular weight excluding hydrogens is 310 g/mol. The van der Waals surface area contributed by atoms with Crippen molar-refractivity contribution in [1.29, 1.82) is 0 Å². The summed E-state index contributed by atoms with van der Waals surface area (Å²) < 4.78 is 0.326. The fourth-order valence-corrected chi connectivity index (χ4v) is 3.31. The summed E-state index contributed by atoms with van der Waals surface area (Å²) in [6, 6.07) is 0. The first kappa shape index (κ1) is 22.9. The number of carbonyl (C=O) groups is 2. The molecule has 142 valence electrons. The first-order chi connectivity index (χ1) is 11.3. The lowest BCUT2D eigenvalue weighted by Crippen LogP contribution is -2.57. The van der Waals surface area contributed by atoms with Gasteiger partial charge in [-0.15, -0.1) is 0 Å². The van der Waals surface area contributed by atoms with E-state index in [1.165, 1.54) is 19.3 Å². The number of rotatable bonds is 15. The van der Waals surface area contributed by atoms with Crippen LogP contribution in [0.4, 0.5) is 0 Å². The average Bonchev–Trinajstić information content (AvgIpc) is 2.50. The van der Waals surface area contributed by atoms with Crippen LogP contribution in [0, 0.1) is 11.8 Å². The Kier molecular flexibility index (Phi) is 11.7. The summed E-state index contributed by atoms with van der Waals surface area (Å²) in [6.07, 6.45) is 6.69. The predicted octanol–water partition coefficient (Wildman–Crippen LogP) is 1.26. The maximum absolute atomic E-state index is 11.2. The Labute approximate surface area is 146 Å². The van der Waals surface area contributed by atoms with Crippen molar-refractivity contribution in [2.75, 3.05) is 32.8 Å². The van der Waals surface area contributed by atoms with E-state index < -0.39 is 23.8 Å². The summed E-state index contributed by atoms with van der Waals surface area (Å²) in [7, 11) is 0. The minimum atomic E-state index is -1.12. The van der Waals surface area contributed by atoms with Gasteiger partial charge in [-0.3, -0.25) is 4.79 Å². The minimum Gasteiger partial charge on any atom is -0.550 e. The van der Waals surface area contributed by atoms with E-state index in [0.717, 1.165) is 19.3 Å². The van der Waals surface area contributed by atoms with Gasteiger partial charge in [0.05, 0.1) is 26.2 Å². The van der Waals surface area contributed by atoms with Crippen LogP contribution in [-0.4, -0.2) is 59.4 Å². The lowest BCUT2D eigenvalue weighted by molar-refractivity contribution is -0.932. The van der Waals surface area contributed by atoms with Gasteiger partial charge in [-0.25, -0.2) is 0 Å². The van der Waals surface area contributed by atoms with Gasteiger partial charge in [0.1, 0.15) is 12.5 Å². The van der Waals surface area contributed by atoms with Crippen molar-refractivity contribution in [3.05, 3.63) is 0 Å². The van der Waals surface area contributed by atoms with E-state index in [4.69, 9.17) is 0 Å². The maximum Gasteiger partial charge on any atom is 0.311 e. The maximum atomic E-state index is 11.2. The topological polar surface area (TPSA) is 97.7 Å². The molecule has 3 atom stereocenters. The number of carboxylic acids is 2. The Hall–Kier alpha value is -1.14. The second-order valence-electron chi connectivity index (χ2n) is 7.10. The smallest absolute Gasteiger partial charge is 0.311 e. The standard InChI is InChI=1S/C18H35NO5/c1-4-5-6-7-8-9-10-19(11-12-20,13-15(2)17(21)22)14-16(3)18(23)24/h15-16,20H,4-14H2,1-3H3,(H-,21,22,23,24). The third-order valence-corrected chi connectivity index (χ3v) is 4.71. The summed E-state index contributed by atoms with van der Waals surface area (Å²) in [5.74, 6) is -3.26. The second-order valence-corrected chi connectivity index (χ2v) is 7.10. The van der Waals surface area contributed by atoms with Crippen molar-refractivity contribution < 1.29 is 29.4 Å². The average molecular weight is 345 g/mol. The third kappa shape index (κ3) is 9.23. The van der Waals surface area contributed by atoms with Gasteiger partial charge in [-0.1, -0.05) is 39.5 Å². The zero-order valence-electron chi connectivity index (χ0n) is 15.5. The van der Waals surface area contributed by atoms with Crippen LogP contribution in [0.25, 0.3) is 0 Å². The molecule has 0 bridgehead atoms. The fraction of sp³-hybridized carbons (Fsp3) is 0.889. The van der Waals surface area contributed by atoms with E-state index in [0.29, 0.717) is 30.7 Å². The number of hydrogen-bond acceptors (Lipinski definition) is 4. The Balaban J connectivity index is 4.90. The van der Waals surface area contributed by atoms with Crippen LogP contribution in [0.15, 0.2) is 0 Å². The van der Waals surface area contributed by atoms with Crippen LogP contribution in [-0.2, 0) is 9.59 Å². The van der Waals surface area contributed by atoms with E-state index in [1.807, 2.05) is 0 Å². The van der Waals surface area contributed by atoms with Crippen LogP contribution in [0.3, 0.4) is 0 Å². The molecule has 0 fully saturated rings. The van der Waals surface area contributed by atoms with Crippen molar-refractivity contribution in [1.82, 2.24) is 0 Å². The molecule has 3 unspecified atom stereocenters. The van der Waals surface area contributed by atoms with Gasteiger partial charge in [0.2, 0.25) is 0 Å². The van der Waals surface area contributed by atoms with Crippen LogP contribution in [0.5, 0.6) is 0 Å². The Morgan fingerprint density at radius 1 is 0.958 bits per heavy atom. The molecule has 0 aromatic rings. The largest absolute Gasteiger partial charge is 0.550 e. The highest BCUT2D eigenvalue weighted by atomic mass is 16.4. The number of unbranched alkanes of at least 4 members (excludes halogenated alkanes) is 5. The predicted molar refractivity (Wildman–Crippen MR) is 91.2 cm³/mol. The first-order valence-corrected chi connectivity index (χ1v) is 9.17. The van der Waals surface area contributed by atoms with Crippen LogP contribution in [0.2, 0.25) is 0 Å². The van der Waals surface area contributed by atoms with Gasteiger partial charge in [0.25, 0.3) is 0 Å². The molecule has 0 saturated carbocycles. The highest BCUT2D eigenvalue weighted by molar-refractivity contribution is 5.69. The molecule has 0 aromatic carbocycles. The van der Waals surface area contributed by atoms with Crippen LogP contribution < -0.4 is 5.11 Å². The molecule has 2 N–H and O–H groups in total. The van der Waals surface area contributed by atoms with Gasteiger partial charge < -0.3 is 24.6 Å². The molecule has 0 aliphatic carbocycles. The van der Waals surface area contributed by atoms with E-state index in [2.05, 4.69) is 6.92 Å². The van der Waals surface area contributed by atoms with Gasteiger partial charge >= 0.3 is 5.97 Å². The number of carboxylic acid groups (broad SMARTS) is 2. The Morgan fingerprint density at radius 3 is 2.00 bits per heavy atom. The second kappa shape index (κ2) is 12.3. The fourth-order valence-electron chi connectivity index (χ4n) is 3.31. The zero-order chi connectivity index (χ0) is 18.6. The monoisotopic (exact) mass is 345 g/mol. The van der Waals surface area contributed by atoms with Gasteiger partial charge in [-0.05, 0) is 19.8 Å². The summed E-state index contributed by atoms with van der Waals surface area (Å²) in [6.45, 7) is 7.02. The van der Waals surface area contributed by atoms with Gasteiger partial charge in [-0.2, -0.15) is 0 Å². The molecule has 0 amide bonds. The first-order valence-electron chi connectivity index (χ1n) is 9.17. The third-order valence-electron chi connectivity index (χ3n) is 4.71. The quantitative estimate of drug-likeness (QED) is 0.344. The van der Waals surface area contributed by atoms with E-state index in [9.17, 15) is 24.9 Å². The number of aliphatic carboxylic acids is 2. The molecule has 0 spiro atoms. The summed E-state index contributed by atoms with van der Waals surface area (Å²) >= 11 is 0. The summed E-state index contributed by atoms with van der Waals surface area (Å²) in [4.78, 5) is 22.4. The highest BCUT2D eigenvalue weighted by Crippen LogP contribution is 2.18. The number of aliphatic hydroxyl groups excluding tert-OH is 1. The molecule has 6 heteroatoms. The molecular formula is C18H35NO5. The van der Waals surface area contributed by atoms with Crippen molar-refractivity contribution in [3.63, 3.8) is 0 Å². The molecule has 0 aromatic heterocycles. The Bertz CT molecular complexity index is 350. The lowest BCUT2D eigenvalue weighted by atomic mass is 10.0. The van der Waals surface area contributed by atoms with E-state index in [1.54, 1.807) is 13.8 Å². The van der Waals surface area contributed by atoms with Crippen molar-refractivity contribution in [2.24, 2.45) is 11.8 Å². The summed E-state index contributed by atoms with van der Waals surface area (Å²) in [5.41, 5.74) is 0. The number of aliphatic hydroxyl groups is 1. The van der Waals surface area contributed by atoms with Gasteiger partial charge in [0, 0.05) is 11.9 Å². The van der Waals surface area contributed by atoms with Crippen LogP contribution >= 0.6 is 0 Å². The SMILES string of the molecule is CCCCCCCC[N+](CCO)(CC(C)C(=O)[O-])CC(C)C(=O)O. The number of hydrogen-bond donors (Lipinski definition) is 2. The highest BCUT2D eigenvalue weighted by Gasteiger charge is 2.33. The van der Waals surface area contributed by atoms with Crippen LogP contribution in [0.1, 0.15) is 59.3 Å². The van der Waals surface area contributed by atoms with E-state index >= 15 is 0 Å². The van der Waals surface area contributed by atoms with Gasteiger partial charge in [0.15, 0.2) is 0 Å². The molecule has 0 rings (SSSR count). The lowest BCUT2D eigenvalue weighted by Gasteiger charge is -2.41. The van der Waals surface area contributed by atoms with Crippen molar-refractivity contribution in [3.8, 4) is 0 Å². The molecule has 0 radical (unpaired) electrons.